The first-order valence-electron chi connectivity index (χ1n) is 12.0. The molecule has 3 aliphatic heterocycles. The van der Waals surface area contributed by atoms with Gasteiger partial charge in [0.2, 0.25) is 0 Å². The van der Waals surface area contributed by atoms with Crippen LogP contribution in [-0.2, 0) is 12.8 Å². The van der Waals surface area contributed by atoms with Gasteiger partial charge in [-0.3, -0.25) is 0 Å². The Kier molecular flexibility index (Phi) is 7.33. The highest BCUT2D eigenvalue weighted by Crippen LogP contribution is 2.47. The number of rotatable bonds is 8. The maximum atomic E-state index is 6.33. The Labute approximate surface area is 182 Å². The van der Waals surface area contributed by atoms with Crippen LogP contribution in [0.2, 0.25) is 0 Å². The molecule has 1 unspecified atom stereocenters. The van der Waals surface area contributed by atoms with Crippen LogP contribution in [0.5, 0.6) is 0 Å². The van der Waals surface area contributed by atoms with E-state index in [0.29, 0.717) is 5.92 Å². The van der Waals surface area contributed by atoms with Gasteiger partial charge in [-0.05, 0) is 69.6 Å². The second kappa shape index (κ2) is 10.3. The monoisotopic (exact) mass is 406 g/mol. The molecule has 4 aliphatic rings. The van der Waals surface area contributed by atoms with Gasteiger partial charge in [-0.1, -0.05) is 24.3 Å². The highest BCUT2D eigenvalue weighted by Gasteiger charge is 2.39. The summed E-state index contributed by atoms with van der Waals surface area (Å²) < 4.78 is 6.33. The number of nitrogens with one attached hydrogen (secondary N) is 1. The van der Waals surface area contributed by atoms with Gasteiger partial charge in [0.15, 0.2) is 0 Å². The highest BCUT2D eigenvalue weighted by molar-refractivity contribution is 5.47. The quantitative estimate of drug-likeness (QED) is 0.421. The largest absolute Gasteiger partial charge is 0.465 e. The van der Waals surface area contributed by atoms with Crippen molar-refractivity contribution in [2.45, 2.75) is 76.2 Å². The fourth-order valence-corrected chi connectivity index (χ4v) is 5.37. The van der Waals surface area contributed by atoms with E-state index in [1.807, 2.05) is 6.08 Å². The molecule has 4 heterocycles. The standard InChI is InChI=1S/C27H38N2O/c1-3-5-6-12-16-28-25(4-2)27-24-20-26-23-19-21(30-26)14-11-9-7-8-10-13-17-29(27)18-15-22(23)24/h3-4,7,9,19,22,25,28H,1-2,5-6,8,10-18,20H2/b9-7-/t22?,25-/m0/s1. The van der Waals surface area contributed by atoms with E-state index in [0.717, 1.165) is 45.3 Å². The van der Waals surface area contributed by atoms with E-state index in [9.17, 15) is 0 Å². The zero-order valence-corrected chi connectivity index (χ0v) is 18.5. The Morgan fingerprint density at radius 2 is 2.07 bits per heavy atom. The van der Waals surface area contributed by atoms with Crippen molar-refractivity contribution in [2.24, 2.45) is 0 Å². The molecular weight excluding hydrogens is 368 g/mol. The summed E-state index contributed by atoms with van der Waals surface area (Å²) in [5.41, 5.74) is 4.53. The SMILES string of the molecule is C=CCCCCN[C@@H](C=C)C1=C2Cc3oc4cc3C2CCN1CCCC/C=C\CC4. The van der Waals surface area contributed by atoms with Crippen LogP contribution in [0.1, 0.15) is 74.4 Å². The van der Waals surface area contributed by atoms with Crippen LogP contribution in [0, 0.1) is 0 Å². The predicted molar refractivity (Wildman–Crippen MR) is 126 cm³/mol. The fourth-order valence-electron chi connectivity index (χ4n) is 5.37. The van der Waals surface area contributed by atoms with Crippen molar-refractivity contribution in [3.05, 3.63) is 71.9 Å². The summed E-state index contributed by atoms with van der Waals surface area (Å²) in [6.45, 7) is 11.4. The number of unbranched alkanes of at least 4 members (excludes halogenated alkanes) is 2. The van der Waals surface area contributed by atoms with Crippen LogP contribution in [0.4, 0.5) is 0 Å². The normalized spacial score (nSPS) is 23.3. The molecule has 0 aromatic carbocycles. The van der Waals surface area contributed by atoms with Crippen molar-refractivity contribution >= 4 is 0 Å². The second-order valence-electron chi connectivity index (χ2n) is 8.96. The average Bonchev–Trinajstić information content (AvgIpc) is 3.29. The number of hydrogen-bond acceptors (Lipinski definition) is 3. The summed E-state index contributed by atoms with van der Waals surface area (Å²) in [6, 6.07) is 2.59. The first-order valence-corrected chi connectivity index (χ1v) is 12.0. The molecule has 1 aromatic rings. The van der Waals surface area contributed by atoms with Gasteiger partial charge in [-0.25, -0.2) is 0 Å². The van der Waals surface area contributed by atoms with Crippen LogP contribution in [-0.4, -0.2) is 30.6 Å². The van der Waals surface area contributed by atoms with E-state index >= 15 is 0 Å². The molecule has 162 valence electrons. The summed E-state index contributed by atoms with van der Waals surface area (Å²) in [5, 5.41) is 3.80. The molecule has 30 heavy (non-hydrogen) atoms. The zero-order valence-electron chi connectivity index (χ0n) is 18.5. The molecule has 0 radical (unpaired) electrons. The molecule has 1 aliphatic carbocycles. The van der Waals surface area contributed by atoms with Gasteiger partial charge in [0.1, 0.15) is 11.5 Å². The maximum absolute atomic E-state index is 6.33. The van der Waals surface area contributed by atoms with Gasteiger partial charge < -0.3 is 14.6 Å². The minimum absolute atomic E-state index is 0.227. The summed E-state index contributed by atoms with van der Waals surface area (Å²) in [5.74, 6) is 2.93. The van der Waals surface area contributed by atoms with Gasteiger partial charge >= 0.3 is 0 Å². The fraction of sp³-hybridized carbons (Fsp3) is 0.556. The molecule has 6 bridgehead atoms. The first kappa shape index (κ1) is 21.2. The molecule has 0 saturated carbocycles. The third-order valence-electron chi connectivity index (χ3n) is 6.90. The molecule has 1 aromatic heterocycles. The van der Waals surface area contributed by atoms with Gasteiger partial charge in [-0.15, -0.1) is 13.2 Å². The Morgan fingerprint density at radius 3 is 2.93 bits per heavy atom. The minimum atomic E-state index is 0.227. The minimum Gasteiger partial charge on any atom is -0.465 e. The first-order chi connectivity index (χ1) is 14.8. The highest BCUT2D eigenvalue weighted by atomic mass is 16.3. The van der Waals surface area contributed by atoms with Crippen LogP contribution in [0.15, 0.2) is 59.2 Å². The lowest BCUT2D eigenvalue weighted by atomic mass is 9.87. The van der Waals surface area contributed by atoms with E-state index in [-0.39, 0.29) is 6.04 Å². The predicted octanol–water partition coefficient (Wildman–Crippen LogP) is 6.05. The molecule has 0 saturated heterocycles. The van der Waals surface area contributed by atoms with E-state index in [1.54, 1.807) is 5.57 Å². The van der Waals surface area contributed by atoms with E-state index in [4.69, 9.17) is 4.42 Å². The smallest absolute Gasteiger partial charge is 0.112 e. The molecule has 0 amide bonds. The number of aryl methyl sites for hydroxylation is 1. The zero-order chi connectivity index (χ0) is 20.8. The molecule has 3 heteroatoms. The van der Waals surface area contributed by atoms with Crippen molar-refractivity contribution in [3.8, 4) is 0 Å². The number of allylic oxidation sites excluding steroid dienone is 4. The summed E-state index contributed by atoms with van der Waals surface area (Å²) in [7, 11) is 0. The molecule has 0 spiro atoms. The number of furan rings is 1. The third kappa shape index (κ3) is 4.67. The van der Waals surface area contributed by atoms with Gasteiger partial charge in [-0.2, -0.15) is 0 Å². The van der Waals surface area contributed by atoms with Crippen molar-refractivity contribution in [1.82, 2.24) is 10.2 Å². The van der Waals surface area contributed by atoms with Crippen molar-refractivity contribution in [3.63, 3.8) is 0 Å². The van der Waals surface area contributed by atoms with Crippen molar-refractivity contribution in [1.29, 1.82) is 0 Å². The summed E-state index contributed by atoms with van der Waals surface area (Å²) in [6.07, 6.45) is 20.3. The van der Waals surface area contributed by atoms with E-state index in [1.165, 1.54) is 61.3 Å². The van der Waals surface area contributed by atoms with Crippen molar-refractivity contribution < 1.29 is 4.42 Å². The molecule has 2 atom stereocenters. The lowest BCUT2D eigenvalue weighted by molar-refractivity contribution is 0.278. The number of nitrogens with zero attached hydrogens (tertiary/aromatic N) is 1. The second-order valence-corrected chi connectivity index (χ2v) is 8.96. The maximum Gasteiger partial charge on any atom is 0.112 e. The number of fused-ring (bicyclic) bond motifs is 7. The van der Waals surface area contributed by atoms with Crippen LogP contribution in [0.3, 0.4) is 0 Å². The van der Waals surface area contributed by atoms with Crippen molar-refractivity contribution in [2.75, 3.05) is 19.6 Å². The van der Waals surface area contributed by atoms with Crippen LogP contribution >= 0.6 is 0 Å². The topological polar surface area (TPSA) is 28.4 Å². The molecule has 0 fully saturated rings. The summed E-state index contributed by atoms with van der Waals surface area (Å²) >= 11 is 0. The molecule has 5 rings (SSSR count). The Bertz CT molecular complexity index is 800. The molecule has 3 nitrogen and oxygen atoms in total. The Balaban J connectivity index is 1.59. The lowest BCUT2D eigenvalue weighted by Gasteiger charge is -2.39. The average molecular weight is 407 g/mol. The van der Waals surface area contributed by atoms with Crippen LogP contribution < -0.4 is 5.32 Å². The number of hydrogen-bond donors (Lipinski definition) is 1. The molecular formula is C27H38N2O. The van der Waals surface area contributed by atoms with Gasteiger partial charge in [0, 0.05) is 43.1 Å². The Morgan fingerprint density at radius 1 is 1.17 bits per heavy atom. The van der Waals surface area contributed by atoms with Crippen LogP contribution in [0.25, 0.3) is 0 Å². The third-order valence-corrected chi connectivity index (χ3v) is 6.90. The van der Waals surface area contributed by atoms with Gasteiger partial charge in [0.25, 0.3) is 0 Å². The lowest BCUT2D eigenvalue weighted by Crippen LogP contribution is -2.43. The van der Waals surface area contributed by atoms with E-state index in [2.05, 4.69) is 47.7 Å². The molecule has 1 N–H and O–H groups in total. The van der Waals surface area contributed by atoms with E-state index < -0.39 is 0 Å². The summed E-state index contributed by atoms with van der Waals surface area (Å²) in [4.78, 5) is 2.66. The Hall–Kier alpha value is -2.00. The van der Waals surface area contributed by atoms with Gasteiger partial charge in [0.05, 0.1) is 6.04 Å².